The maximum atomic E-state index is 12.3. The van der Waals surface area contributed by atoms with Gasteiger partial charge in [-0.2, -0.15) is 8.78 Å². The van der Waals surface area contributed by atoms with Gasteiger partial charge in [0.1, 0.15) is 11.5 Å². The summed E-state index contributed by atoms with van der Waals surface area (Å²) in [5.74, 6) is 0.572. The average Bonchev–Trinajstić information content (AvgIpc) is 2.63. The van der Waals surface area contributed by atoms with Crippen molar-refractivity contribution in [2.24, 2.45) is 0 Å². The number of halogens is 3. The largest absolute Gasteiger partial charge is 0.497 e. The summed E-state index contributed by atoms with van der Waals surface area (Å²) in [7, 11) is 5.41. The Kier molecular flexibility index (Phi) is 7.83. The Morgan fingerprint density at radius 3 is 2.57 bits per heavy atom. The standard InChI is InChI=1S/C19H22ClF2N3O3/c1-25(2)16(12-5-4-6-14(9-12)27-3)11-23-19(26)24-13-7-8-17(15(20)10-13)28-18(21)22/h4-10,16,18H,11H2,1-3H3,(H2,23,24,26). The zero-order chi connectivity index (χ0) is 20.7. The Bertz CT molecular complexity index is 806. The predicted octanol–water partition coefficient (Wildman–Crippen LogP) is 4.37. The van der Waals surface area contributed by atoms with Crippen molar-refractivity contribution in [3.63, 3.8) is 0 Å². The van der Waals surface area contributed by atoms with E-state index >= 15 is 0 Å². The Morgan fingerprint density at radius 2 is 1.96 bits per heavy atom. The van der Waals surface area contributed by atoms with Crippen molar-refractivity contribution in [2.45, 2.75) is 12.7 Å². The fourth-order valence-electron chi connectivity index (χ4n) is 2.58. The van der Waals surface area contributed by atoms with E-state index < -0.39 is 12.6 Å². The number of hydrogen-bond donors (Lipinski definition) is 2. The van der Waals surface area contributed by atoms with Crippen molar-refractivity contribution in [1.29, 1.82) is 0 Å². The number of methoxy groups -OCH3 is 1. The summed E-state index contributed by atoms with van der Waals surface area (Å²) < 4.78 is 34.1. The van der Waals surface area contributed by atoms with Gasteiger partial charge in [0.15, 0.2) is 0 Å². The van der Waals surface area contributed by atoms with E-state index in [0.717, 1.165) is 11.3 Å². The summed E-state index contributed by atoms with van der Waals surface area (Å²) in [6.45, 7) is -2.63. The molecule has 0 heterocycles. The smallest absolute Gasteiger partial charge is 0.387 e. The van der Waals surface area contributed by atoms with Crippen LogP contribution in [0.5, 0.6) is 11.5 Å². The first-order valence-electron chi connectivity index (χ1n) is 8.39. The van der Waals surface area contributed by atoms with E-state index in [0.29, 0.717) is 12.2 Å². The Morgan fingerprint density at radius 1 is 1.21 bits per heavy atom. The van der Waals surface area contributed by atoms with Crippen LogP contribution in [0.2, 0.25) is 5.02 Å². The number of rotatable bonds is 8. The van der Waals surface area contributed by atoms with Gasteiger partial charge in [0, 0.05) is 12.2 Å². The number of amides is 2. The summed E-state index contributed by atoms with van der Waals surface area (Å²) in [6.07, 6.45) is 0. The molecule has 0 spiro atoms. The van der Waals surface area contributed by atoms with E-state index in [2.05, 4.69) is 15.4 Å². The Labute approximate surface area is 167 Å². The van der Waals surface area contributed by atoms with Crippen LogP contribution in [0.4, 0.5) is 19.3 Å². The number of anilines is 1. The molecule has 0 radical (unpaired) electrons. The molecule has 1 atom stereocenters. The number of alkyl halides is 2. The quantitative estimate of drug-likeness (QED) is 0.674. The third-order valence-electron chi connectivity index (χ3n) is 3.96. The summed E-state index contributed by atoms with van der Waals surface area (Å²) >= 11 is 5.89. The molecule has 1 unspecified atom stereocenters. The van der Waals surface area contributed by atoms with Crippen LogP contribution in [0.15, 0.2) is 42.5 Å². The third-order valence-corrected chi connectivity index (χ3v) is 4.26. The molecule has 6 nitrogen and oxygen atoms in total. The lowest BCUT2D eigenvalue weighted by Crippen LogP contribution is -2.36. The molecule has 0 fully saturated rings. The van der Waals surface area contributed by atoms with Crippen LogP contribution in [0.1, 0.15) is 11.6 Å². The number of urea groups is 1. The Balaban J connectivity index is 1.98. The van der Waals surface area contributed by atoms with E-state index in [1.165, 1.54) is 18.2 Å². The van der Waals surface area contributed by atoms with Gasteiger partial charge >= 0.3 is 12.6 Å². The molecular formula is C19H22ClF2N3O3. The highest BCUT2D eigenvalue weighted by molar-refractivity contribution is 6.32. The second kappa shape index (κ2) is 10.1. The molecule has 0 aromatic heterocycles. The minimum Gasteiger partial charge on any atom is -0.497 e. The van der Waals surface area contributed by atoms with Crippen molar-refractivity contribution < 1.29 is 23.0 Å². The lowest BCUT2D eigenvalue weighted by molar-refractivity contribution is -0.0497. The number of carbonyl (C=O) groups excluding carboxylic acids is 1. The third kappa shape index (κ3) is 6.24. The van der Waals surface area contributed by atoms with E-state index in [9.17, 15) is 13.6 Å². The number of nitrogens with one attached hydrogen (secondary N) is 2. The molecule has 0 aliphatic heterocycles. The highest BCUT2D eigenvalue weighted by atomic mass is 35.5. The molecule has 2 aromatic carbocycles. The van der Waals surface area contributed by atoms with Gasteiger partial charge in [-0.1, -0.05) is 23.7 Å². The SMILES string of the molecule is COc1cccc(C(CNC(=O)Nc2ccc(OC(F)F)c(Cl)c2)N(C)C)c1. The van der Waals surface area contributed by atoms with E-state index in [1.54, 1.807) is 7.11 Å². The molecule has 2 aromatic rings. The topological polar surface area (TPSA) is 62.8 Å². The number of likely N-dealkylation sites (N-methyl/N-ethyl adjacent to an activating group) is 1. The number of ether oxygens (including phenoxy) is 2. The molecule has 0 bridgehead atoms. The second-order valence-corrected chi connectivity index (χ2v) is 6.52. The number of benzene rings is 2. The van der Waals surface area contributed by atoms with Gasteiger partial charge in [-0.3, -0.25) is 0 Å². The first kappa shape index (κ1) is 21.7. The van der Waals surface area contributed by atoms with Gasteiger partial charge in [0.2, 0.25) is 0 Å². The summed E-state index contributed by atoms with van der Waals surface area (Å²) in [4.78, 5) is 14.2. The first-order valence-corrected chi connectivity index (χ1v) is 8.77. The van der Waals surface area contributed by atoms with Crippen molar-refractivity contribution in [3.8, 4) is 11.5 Å². The van der Waals surface area contributed by atoms with Crippen LogP contribution < -0.4 is 20.1 Å². The van der Waals surface area contributed by atoms with E-state index in [4.69, 9.17) is 16.3 Å². The van der Waals surface area contributed by atoms with E-state index in [1.807, 2.05) is 43.3 Å². The predicted molar refractivity (Wildman–Crippen MR) is 105 cm³/mol. The van der Waals surface area contributed by atoms with Crippen LogP contribution >= 0.6 is 11.6 Å². The number of hydrogen-bond acceptors (Lipinski definition) is 4. The molecule has 2 amide bonds. The zero-order valence-corrected chi connectivity index (χ0v) is 16.5. The average molecular weight is 414 g/mol. The summed E-state index contributed by atoms with van der Waals surface area (Å²) in [5.41, 5.74) is 1.34. The van der Waals surface area contributed by atoms with Crippen LogP contribution in [0.3, 0.4) is 0 Å². The molecule has 2 N–H and O–H groups in total. The fraction of sp³-hybridized carbons (Fsp3) is 0.316. The summed E-state index contributed by atoms with van der Waals surface area (Å²) in [5, 5.41) is 5.37. The Hall–Kier alpha value is -2.58. The lowest BCUT2D eigenvalue weighted by Gasteiger charge is -2.25. The first-order chi connectivity index (χ1) is 13.3. The normalized spacial score (nSPS) is 12.0. The molecule has 0 saturated carbocycles. The van der Waals surface area contributed by atoms with Gasteiger partial charge in [-0.15, -0.1) is 0 Å². The number of nitrogens with zero attached hydrogens (tertiary/aromatic N) is 1. The summed E-state index contributed by atoms with van der Waals surface area (Å²) in [6, 6.07) is 11.1. The van der Waals surface area contributed by atoms with Crippen molar-refractivity contribution in [3.05, 3.63) is 53.1 Å². The van der Waals surface area contributed by atoms with Crippen molar-refractivity contribution in [1.82, 2.24) is 10.2 Å². The molecule has 28 heavy (non-hydrogen) atoms. The maximum Gasteiger partial charge on any atom is 0.387 e. The van der Waals surface area contributed by atoms with Crippen LogP contribution in [0.25, 0.3) is 0 Å². The molecule has 0 aliphatic carbocycles. The van der Waals surface area contributed by atoms with Gasteiger partial charge < -0.3 is 25.0 Å². The van der Waals surface area contributed by atoms with Crippen LogP contribution in [0, 0.1) is 0 Å². The van der Waals surface area contributed by atoms with Gasteiger partial charge in [0.05, 0.1) is 18.2 Å². The molecular weight excluding hydrogens is 392 g/mol. The van der Waals surface area contributed by atoms with Crippen LogP contribution in [-0.4, -0.2) is 45.3 Å². The number of carbonyl (C=O) groups is 1. The van der Waals surface area contributed by atoms with E-state index in [-0.39, 0.29) is 16.8 Å². The lowest BCUT2D eigenvalue weighted by atomic mass is 10.1. The molecule has 0 saturated heterocycles. The minimum absolute atomic E-state index is 0.0272. The highest BCUT2D eigenvalue weighted by Crippen LogP contribution is 2.29. The van der Waals surface area contributed by atoms with Crippen molar-refractivity contribution >= 4 is 23.3 Å². The van der Waals surface area contributed by atoms with Gasteiger partial charge in [0.25, 0.3) is 0 Å². The molecule has 2 rings (SSSR count). The molecule has 152 valence electrons. The maximum absolute atomic E-state index is 12.3. The highest BCUT2D eigenvalue weighted by Gasteiger charge is 2.16. The molecule has 9 heteroatoms. The van der Waals surface area contributed by atoms with Gasteiger partial charge in [-0.25, -0.2) is 4.79 Å². The molecule has 0 aliphatic rings. The monoisotopic (exact) mass is 413 g/mol. The zero-order valence-electron chi connectivity index (χ0n) is 15.7. The van der Waals surface area contributed by atoms with Crippen molar-refractivity contribution in [2.75, 3.05) is 33.1 Å². The second-order valence-electron chi connectivity index (χ2n) is 6.11. The van der Waals surface area contributed by atoms with Crippen LogP contribution in [-0.2, 0) is 0 Å². The van der Waals surface area contributed by atoms with Gasteiger partial charge in [-0.05, 0) is 50.0 Å². The fourth-order valence-corrected chi connectivity index (χ4v) is 2.81. The minimum atomic E-state index is -2.97.